The van der Waals surface area contributed by atoms with Crippen molar-refractivity contribution in [1.29, 1.82) is 0 Å². The lowest BCUT2D eigenvalue weighted by Crippen LogP contribution is -2.33. The molecule has 0 saturated carbocycles. The van der Waals surface area contributed by atoms with Gasteiger partial charge in [-0.1, -0.05) is 0 Å². The van der Waals surface area contributed by atoms with Gasteiger partial charge in [-0.25, -0.2) is 9.18 Å². The summed E-state index contributed by atoms with van der Waals surface area (Å²) in [4.78, 5) is 23.9. The molecule has 5 heteroatoms. The van der Waals surface area contributed by atoms with Gasteiger partial charge in [0.05, 0.1) is 6.04 Å². The molecule has 2 atom stereocenters. The minimum Gasteiger partial charge on any atom is -0.295 e. The Kier molecular flexibility index (Phi) is 2.65. The van der Waals surface area contributed by atoms with E-state index in [4.69, 9.17) is 0 Å². The van der Waals surface area contributed by atoms with Crippen molar-refractivity contribution in [3.63, 3.8) is 0 Å². The van der Waals surface area contributed by atoms with Crippen LogP contribution in [0.5, 0.6) is 0 Å². The fourth-order valence-electron chi connectivity index (χ4n) is 0.969. The maximum atomic E-state index is 12.8. The second-order valence-corrected chi connectivity index (χ2v) is 2.94. The topological polar surface area (TPSA) is 54.9 Å². The molecule has 0 aliphatic heterocycles. The summed E-state index contributed by atoms with van der Waals surface area (Å²) in [6.07, 6.45) is 0.158. The standard InChI is InChI=1S/C8H11FN2O2/c1-5(9)6(2)11-4-3-7(12)10-8(11)13/h3-6H,1-2H3,(H,10,12,13). The van der Waals surface area contributed by atoms with Crippen molar-refractivity contribution in [3.05, 3.63) is 33.1 Å². The monoisotopic (exact) mass is 186 g/mol. The average molecular weight is 186 g/mol. The molecule has 0 aliphatic carbocycles. The van der Waals surface area contributed by atoms with Crippen LogP contribution >= 0.6 is 0 Å². The van der Waals surface area contributed by atoms with E-state index in [-0.39, 0.29) is 0 Å². The van der Waals surface area contributed by atoms with Gasteiger partial charge in [-0.05, 0) is 13.8 Å². The van der Waals surface area contributed by atoms with Crippen LogP contribution in [-0.2, 0) is 0 Å². The lowest BCUT2D eigenvalue weighted by molar-refractivity contribution is 0.258. The van der Waals surface area contributed by atoms with Gasteiger partial charge >= 0.3 is 5.69 Å². The van der Waals surface area contributed by atoms with E-state index in [1.807, 2.05) is 0 Å². The van der Waals surface area contributed by atoms with E-state index >= 15 is 0 Å². The van der Waals surface area contributed by atoms with Crippen molar-refractivity contribution >= 4 is 0 Å². The molecule has 13 heavy (non-hydrogen) atoms. The zero-order valence-electron chi connectivity index (χ0n) is 7.45. The molecule has 0 bridgehead atoms. The van der Waals surface area contributed by atoms with Crippen molar-refractivity contribution in [2.45, 2.75) is 26.1 Å². The molecule has 0 saturated heterocycles. The number of hydrogen-bond donors (Lipinski definition) is 1. The molecule has 1 N–H and O–H groups in total. The maximum Gasteiger partial charge on any atom is 0.328 e. The molecule has 0 spiro atoms. The van der Waals surface area contributed by atoms with E-state index in [1.54, 1.807) is 6.92 Å². The first kappa shape index (κ1) is 9.70. The van der Waals surface area contributed by atoms with Gasteiger partial charge in [0.15, 0.2) is 0 Å². The molecule has 1 aromatic rings. The fraction of sp³-hybridized carbons (Fsp3) is 0.500. The number of alkyl halides is 1. The molecule has 1 aromatic heterocycles. The van der Waals surface area contributed by atoms with E-state index in [1.165, 1.54) is 19.2 Å². The third-order valence-corrected chi connectivity index (χ3v) is 1.95. The van der Waals surface area contributed by atoms with Crippen LogP contribution in [0.4, 0.5) is 4.39 Å². The molecule has 0 fully saturated rings. The van der Waals surface area contributed by atoms with Crippen molar-refractivity contribution in [3.8, 4) is 0 Å². The zero-order valence-corrected chi connectivity index (χ0v) is 7.45. The second-order valence-electron chi connectivity index (χ2n) is 2.94. The lowest BCUT2D eigenvalue weighted by atomic mass is 10.2. The molecule has 1 rings (SSSR count). The highest BCUT2D eigenvalue weighted by molar-refractivity contribution is 4.86. The van der Waals surface area contributed by atoms with E-state index in [9.17, 15) is 14.0 Å². The highest BCUT2D eigenvalue weighted by atomic mass is 19.1. The molecule has 0 aliphatic rings. The molecule has 2 unspecified atom stereocenters. The van der Waals surface area contributed by atoms with Crippen LogP contribution in [0, 0.1) is 0 Å². The van der Waals surface area contributed by atoms with Crippen molar-refractivity contribution < 1.29 is 4.39 Å². The summed E-state index contributed by atoms with van der Waals surface area (Å²) in [5.74, 6) is 0. The number of nitrogens with zero attached hydrogens (tertiary/aromatic N) is 1. The maximum absolute atomic E-state index is 12.8. The van der Waals surface area contributed by atoms with Crippen LogP contribution in [0.1, 0.15) is 19.9 Å². The molecule has 0 amide bonds. The predicted octanol–water partition coefficient (Wildman–Crippen LogP) is 0.456. The van der Waals surface area contributed by atoms with E-state index < -0.39 is 23.5 Å². The first-order valence-electron chi connectivity index (χ1n) is 3.98. The molecule has 4 nitrogen and oxygen atoms in total. The summed E-state index contributed by atoms with van der Waals surface area (Å²) in [6, 6.07) is 0.629. The summed E-state index contributed by atoms with van der Waals surface area (Å²) < 4.78 is 14.0. The molecule has 1 heterocycles. The van der Waals surface area contributed by atoms with E-state index in [2.05, 4.69) is 4.98 Å². The van der Waals surface area contributed by atoms with Crippen molar-refractivity contribution in [1.82, 2.24) is 9.55 Å². The first-order valence-corrected chi connectivity index (χ1v) is 3.98. The Bertz CT molecular complexity index is 394. The largest absolute Gasteiger partial charge is 0.328 e. The Morgan fingerprint density at radius 2 is 2.08 bits per heavy atom. The van der Waals surface area contributed by atoms with Crippen LogP contribution < -0.4 is 11.2 Å². The predicted molar refractivity (Wildman–Crippen MR) is 46.6 cm³/mol. The van der Waals surface area contributed by atoms with Crippen LogP contribution in [0.25, 0.3) is 0 Å². The first-order chi connectivity index (χ1) is 6.02. The van der Waals surface area contributed by atoms with Gasteiger partial charge < -0.3 is 0 Å². The van der Waals surface area contributed by atoms with E-state index in [0.29, 0.717) is 0 Å². The minimum atomic E-state index is -1.14. The summed E-state index contributed by atoms with van der Waals surface area (Å²) in [7, 11) is 0. The quantitative estimate of drug-likeness (QED) is 0.729. The fourth-order valence-corrected chi connectivity index (χ4v) is 0.969. The smallest absolute Gasteiger partial charge is 0.295 e. The Balaban J connectivity index is 3.17. The number of nitrogens with one attached hydrogen (secondary N) is 1. The zero-order chi connectivity index (χ0) is 10.0. The third-order valence-electron chi connectivity index (χ3n) is 1.95. The Morgan fingerprint density at radius 1 is 1.46 bits per heavy atom. The average Bonchev–Trinajstić information content (AvgIpc) is 2.03. The summed E-state index contributed by atoms with van der Waals surface area (Å²) in [5.41, 5.74) is -1.05. The van der Waals surface area contributed by atoms with Gasteiger partial charge in [-0.2, -0.15) is 0 Å². The Labute approximate surface area is 74.0 Å². The molecular weight excluding hydrogens is 175 g/mol. The van der Waals surface area contributed by atoms with Crippen molar-refractivity contribution in [2.75, 3.05) is 0 Å². The second kappa shape index (κ2) is 3.55. The number of aromatic nitrogens is 2. The third kappa shape index (κ3) is 2.05. The SMILES string of the molecule is CC(F)C(C)n1ccc(=O)[nH]c1=O. The van der Waals surface area contributed by atoms with Gasteiger partial charge in [0.25, 0.3) is 5.56 Å². The van der Waals surface area contributed by atoms with Crippen LogP contribution in [0.15, 0.2) is 21.9 Å². The van der Waals surface area contributed by atoms with Crippen LogP contribution in [-0.4, -0.2) is 15.7 Å². The highest BCUT2D eigenvalue weighted by Crippen LogP contribution is 2.09. The molecular formula is C8H11FN2O2. The Morgan fingerprint density at radius 3 is 2.54 bits per heavy atom. The molecule has 72 valence electrons. The highest BCUT2D eigenvalue weighted by Gasteiger charge is 2.13. The minimum absolute atomic E-state index is 0.472. The number of H-pyrrole nitrogens is 1. The lowest BCUT2D eigenvalue weighted by Gasteiger charge is -2.14. The molecule has 0 radical (unpaired) electrons. The van der Waals surface area contributed by atoms with Gasteiger partial charge in [-0.15, -0.1) is 0 Å². The number of rotatable bonds is 2. The van der Waals surface area contributed by atoms with Gasteiger partial charge in [0.2, 0.25) is 0 Å². The van der Waals surface area contributed by atoms with Gasteiger partial charge in [0, 0.05) is 12.3 Å². The Hall–Kier alpha value is -1.39. The number of hydrogen-bond acceptors (Lipinski definition) is 2. The number of halogens is 1. The van der Waals surface area contributed by atoms with Gasteiger partial charge in [0.1, 0.15) is 6.17 Å². The molecule has 0 aromatic carbocycles. The summed E-state index contributed by atoms with van der Waals surface area (Å²) >= 11 is 0. The van der Waals surface area contributed by atoms with E-state index in [0.717, 1.165) is 4.57 Å². The number of aromatic amines is 1. The van der Waals surface area contributed by atoms with Crippen LogP contribution in [0.3, 0.4) is 0 Å². The van der Waals surface area contributed by atoms with Crippen LogP contribution in [0.2, 0.25) is 0 Å². The summed E-state index contributed by atoms with van der Waals surface area (Å²) in [5, 5.41) is 0. The normalized spacial score (nSPS) is 15.3. The van der Waals surface area contributed by atoms with Crippen molar-refractivity contribution in [2.24, 2.45) is 0 Å². The van der Waals surface area contributed by atoms with Gasteiger partial charge in [-0.3, -0.25) is 14.3 Å². The summed E-state index contributed by atoms with van der Waals surface area (Å²) in [6.45, 7) is 2.94.